The number of fused-ring (bicyclic) bond motifs is 1. The highest BCUT2D eigenvalue weighted by atomic mass is 16.2. The van der Waals surface area contributed by atoms with E-state index in [4.69, 9.17) is 0 Å². The van der Waals surface area contributed by atoms with Crippen molar-refractivity contribution in [1.29, 1.82) is 0 Å². The van der Waals surface area contributed by atoms with E-state index < -0.39 is 0 Å². The first-order chi connectivity index (χ1) is 14.0. The Kier molecular flexibility index (Phi) is 5.49. The van der Waals surface area contributed by atoms with Gasteiger partial charge in [-0.2, -0.15) is 4.98 Å². The van der Waals surface area contributed by atoms with Crippen molar-refractivity contribution in [3.63, 3.8) is 0 Å². The summed E-state index contributed by atoms with van der Waals surface area (Å²) < 4.78 is 0. The molecule has 1 atom stereocenters. The molecule has 0 spiro atoms. The van der Waals surface area contributed by atoms with Crippen LogP contribution in [0.3, 0.4) is 0 Å². The van der Waals surface area contributed by atoms with Crippen molar-refractivity contribution in [2.24, 2.45) is 0 Å². The van der Waals surface area contributed by atoms with Crippen LogP contribution >= 0.6 is 0 Å². The van der Waals surface area contributed by atoms with Crippen molar-refractivity contribution in [3.8, 4) is 0 Å². The number of hydrogen-bond donors (Lipinski definition) is 2. The average Bonchev–Trinajstić information content (AvgIpc) is 3.24. The molecule has 1 saturated heterocycles. The SMILES string of the molecule is CC(C(=O)Nc1cccc2ccccc12)N1CCC(c2nc(N(C)C)n[nH]2)CC1. The van der Waals surface area contributed by atoms with E-state index in [1.165, 1.54) is 0 Å². The molecule has 7 nitrogen and oxygen atoms in total. The number of carbonyl (C=O) groups excluding carboxylic acids is 1. The van der Waals surface area contributed by atoms with Gasteiger partial charge >= 0.3 is 0 Å². The smallest absolute Gasteiger partial charge is 0.244 e. The fraction of sp³-hybridized carbons (Fsp3) is 0.409. The molecule has 1 unspecified atom stereocenters. The molecule has 0 bridgehead atoms. The second-order valence-corrected chi connectivity index (χ2v) is 7.92. The predicted octanol–water partition coefficient (Wildman–Crippen LogP) is 3.23. The highest BCUT2D eigenvalue weighted by molar-refractivity contribution is 6.03. The maximum atomic E-state index is 12.9. The third-order valence-electron chi connectivity index (χ3n) is 5.78. The number of hydrogen-bond acceptors (Lipinski definition) is 5. The maximum absolute atomic E-state index is 12.9. The van der Waals surface area contributed by atoms with E-state index in [0.29, 0.717) is 11.9 Å². The molecule has 7 heteroatoms. The Morgan fingerprint density at radius 3 is 2.62 bits per heavy atom. The van der Waals surface area contributed by atoms with Crippen molar-refractivity contribution in [2.45, 2.75) is 31.7 Å². The minimum absolute atomic E-state index is 0.0364. The van der Waals surface area contributed by atoms with Gasteiger partial charge in [0.15, 0.2) is 0 Å². The molecule has 2 aromatic carbocycles. The molecular weight excluding hydrogens is 364 g/mol. The minimum atomic E-state index is -0.179. The normalized spacial score (nSPS) is 16.7. The molecule has 29 heavy (non-hydrogen) atoms. The van der Waals surface area contributed by atoms with Crippen LogP contribution in [0.15, 0.2) is 42.5 Å². The molecule has 1 fully saturated rings. The Morgan fingerprint density at radius 1 is 1.17 bits per heavy atom. The zero-order valence-electron chi connectivity index (χ0n) is 17.2. The lowest BCUT2D eigenvalue weighted by atomic mass is 9.95. The Hall–Kier alpha value is -2.93. The number of piperidine rings is 1. The molecule has 1 aliphatic heterocycles. The summed E-state index contributed by atoms with van der Waals surface area (Å²) in [6, 6.07) is 13.9. The van der Waals surface area contributed by atoms with Crippen LogP contribution in [-0.4, -0.2) is 59.2 Å². The largest absolute Gasteiger partial charge is 0.346 e. The molecule has 1 aliphatic rings. The lowest BCUT2D eigenvalue weighted by Gasteiger charge is -2.34. The van der Waals surface area contributed by atoms with Gasteiger partial charge in [0.25, 0.3) is 0 Å². The molecule has 2 heterocycles. The number of rotatable bonds is 5. The lowest BCUT2D eigenvalue weighted by Crippen LogP contribution is -2.45. The van der Waals surface area contributed by atoms with Crippen LogP contribution in [-0.2, 0) is 4.79 Å². The third kappa shape index (κ3) is 4.10. The van der Waals surface area contributed by atoms with Crippen LogP contribution in [0.25, 0.3) is 10.8 Å². The van der Waals surface area contributed by atoms with E-state index >= 15 is 0 Å². The summed E-state index contributed by atoms with van der Waals surface area (Å²) >= 11 is 0. The minimum Gasteiger partial charge on any atom is -0.346 e. The highest BCUT2D eigenvalue weighted by Gasteiger charge is 2.29. The van der Waals surface area contributed by atoms with Crippen molar-refractivity contribution in [2.75, 3.05) is 37.4 Å². The Morgan fingerprint density at radius 2 is 1.90 bits per heavy atom. The predicted molar refractivity (Wildman–Crippen MR) is 116 cm³/mol. The number of anilines is 2. The van der Waals surface area contributed by atoms with Gasteiger partial charge in [-0.15, -0.1) is 5.10 Å². The molecule has 1 amide bonds. The van der Waals surface area contributed by atoms with E-state index in [-0.39, 0.29) is 11.9 Å². The average molecular weight is 393 g/mol. The summed E-state index contributed by atoms with van der Waals surface area (Å²) in [6.45, 7) is 3.72. The summed E-state index contributed by atoms with van der Waals surface area (Å²) in [6.07, 6.45) is 1.93. The molecule has 2 N–H and O–H groups in total. The number of aromatic amines is 1. The van der Waals surface area contributed by atoms with Gasteiger partial charge in [-0.3, -0.25) is 14.8 Å². The first kappa shape index (κ1) is 19.4. The number of aromatic nitrogens is 3. The van der Waals surface area contributed by atoms with Crippen molar-refractivity contribution in [1.82, 2.24) is 20.1 Å². The molecule has 0 saturated carbocycles. The maximum Gasteiger partial charge on any atom is 0.244 e. The summed E-state index contributed by atoms with van der Waals surface area (Å²) in [7, 11) is 3.87. The summed E-state index contributed by atoms with van der Waals surface area (Å²) in [5, 5.41) is 12.6. The van der Waals surface area contributed by atoms with Crippen LogP contribution < -0.4 is 10.2 Å². The van der Waals surface area contributed by atoms with Gasteiger partial charge in [0.1, 0.15) is 5.82 Å². The van der Waals surface area contributed by atoms with Gasteiger partial charge in [0.05, 0.1) is 6.04 Å². The van der Waals surface area contributed by atoms with E-state index in [9.17, 15) is 4.79 Å². The summed E-state index contributed by atoms with van der Waals surface area (Å²) in [5.74, 6) is 2.06. The van der Waals surface area contributed by atoms with Crippen molar-refractivity contribution < 1.29 is 4.79 Å². The number of amides is 1. The molecule has 3 aromatic rings. The number of benzene rings is 2. The van der Waals surface area contributed by atoms with Gasteiger partial charge in [-0.25, -0.2) is 0 Å². The first-order valence-electron chi connectivity index (χ1n) is 10.1. The summed E-state index contributed by atoms with van der Waals surface area (Å²) in [5.41, 5.74) is 0.868. The molecule has 0 aliphatic carbocycles. The summed E-state index contributed by atoms with van der Waals surface area (Å²) in [4.78, 5) is 21.6. The number of carbonyl (C=O) groups is 1. The van der Waals surface area contributed by atoms with E-state index in [0.717, 1.165) is 48.2 Å². The fourth-order valence-electron chi connectivity index (χ4n) is 3.95. The third-order valence-corrected chi connectivity index (χ3v) is 5.78. The highest BCUT2D eigenvalue weighted by Crippen LogP contribution is 2.28. The molecule has 0 radical (unpaired) electrons. The lowest BCUT2D eigenvalue weighted by molar-refractivity contribution is -0.121. The molecule has 4 rings (SSSR count). The number of H-pyrrole nitrogens is 1. The van der Waals surface area contributed by atoms with Gasteiger partial charge in [0, 0.05) is 31.1 Å². The quantitative estimate of drug-likeness (QED) is 0.697. The second-order valence-electron chi connectivity index (χ2n) is 7.92. The van der Waals surface area contributed by atoms with Crippen LogP contribution in [0.1, 0.15) is 31.5 Å². The molecular formula is C22H28N6O. The first-order valence-corrected chi connectivity index (χ1v) is 10.1. The Bertz CT molecular complexity index is 984. The Labute approximate surface area is 171 Å². The van der Waals surface area contributed by atoms with Gasteiger partial charge < -0.3 is 10.2 Å². The van der Waals surface area contributed by atoms with Gasteiger partial charge in [0.2, 0.25) is 11.9 Å². The van der Waals surface area contributed by atoms with Crippen LogP contribution in [0.2, 0.25) is 0 Å². The zero-order chi connectivity index (χ0) is 20.4. The van der Waals surface area contributed by atoms with E-state index in [1.807, 2.05) is 56.3 Å². The number of nitrogens with one attached hydrogen (secondary N) is 2. The van der Waals surface area contributed by atoms with Crippen molar-refractivity contribution >= 4 is 28.3 Å². The van der Waals surface area contributed by atoms with Crippen LogP contribution in [0.4, 0.5) is 11.6 Å². The number of nitrogens with zero attached hydrogens (tertiary/aromatic N) is 4. The van der Waals surface area contributed by atoms with Gasteiger partial charge in [-0.05, 0) is 44.3 Å². The van der Waals surface area contributed by atoms with Crippen LogP contribution in [0, 0.1) is 0 Å². The molecule has 1 aromatic heterocycles. The van der Waals surface area contributed by atoms with E-state index in [2.05, 4.69) is 37.5 Å². The van der Waals surface area contributed by atoms with Crippen LogP contribution in [0.5, 0.6) is 0 Å². The fourth-order valence-corrected chi connectivity index (χ4v) is 3.95. The second kappa shape index (κ2) is 8.21. The van der Waals surface area contributed by atoms with Gasteiger partial charge in [-0.1, -0.05) is 36.4 Å². The topological polar surface area (TPSA) is 77.2 Å². The van der Waals surface area contributed by atoms with Crippen molar-refractivity contribution in [3.05, 3.63) is 48.3 Å². The van der Waals surface area contributed by atoms with E-state index in [1.54, 1.807) is 0 Å². The standard InChI is InChI=1S/C22H28N6O/c1-15(21(29)23-19-10-6-8-16-7-4-5-9-18(16)19)28-13-11-17(12-14-28)20-24-22(26-25-20)27(2)3/h4-10,15,17H,11-14H2,1-3H3,(H,23,29)(H,24,25,26). The number of likely N-dealkylation sites (tertiary alicyclic amines) is 1. The molecule has 152 valence electrons. The monoisotopic (exact) mass is 392 g/mol. The Balaban J connectivity index is 1.37. The zero-order valence-corrected chi connectivity index (χ0v) is 17.2.